The molecule has 0 spiro atoms. The summed E-state index contributed by atoms with van der Waals surface area (Å²) in [5, 5.41) is 4.19. The van der Waals surface area contributed by atoms with Crippen molar-refractivity contribution in [3.63, 3.8) is 0 Å². The van der Waals surface area contributed by atoms with E-state index >= 15 is 0 Å². The molecule has 1 N–H and O–H groups in total. The van der Waals surface area contributed by atoms with Gasteiger partial charge in [-0.25, -0.2) is 0 Å². The highest BCUT2D eigenvalue weighted by molar-refractivity contribution is 6.32. The van der Waals surface area contributed by atoms with Crippen molar-refractivity contribution in [1.82, 2.24) is 10.2 Å². The van der Waals surface area contributed by atoms with Crippen molar-refractivity contribution in [3.05, 3.63) is 58.1 Å². The molecule has 3 rings (SSSR count). The molecule has 1 aliphatic heterocycles. The fraction of sp³-hybridized carbons (Fsp3) is 0.500. The lowest BCUT2D eigenvalue weighted by Gasteiger charge is -2.23. The van der Waals surface area contributed by atoms with Crippen molar-refractivity contribution in [1.29, 1.82) is 0 Å². The second-order valence-corrected chi connectivity index (χ2v) is 8.08. The van der Waals surface area contributed by atoms with Gasteiger partial charge in [-0.15, -0.1) is 0 Å². The van der Waals surface area contributed by atoms with Gasteiger partial charge in [0.1, 0.15) is 6.61 Å². The van der Waals surface area contributed by atoms with Gasteiger partial charge in [-0.1, -0.05) is 48.4 Å². The Morgan fingerprint density at radius 1 is 1.14 bits per heavy atom. The summed E-state index contributed by atoms with van der Waals surface area (Å²) < 4.78 is 11.9. The highest BCUT2D eigenvalue weighted by Crippen LogP contribution is 2.37. The summed E-state index contributed by atoms with van der Waals surface area (Å²) in [5.74, 6) is 1.33. The summed E-state index contributed by atoms with van der Waals surface area (Å²) in [5.41, 5.74) is 3.45. The Morgan fingerprint density at radius 3 is 2.76 bits per heavy atom. The van der Waals surface area contributed by atoms with Crippen LogP contribution in [0.1, 0.15) is 43.4 Å². The number of nitrogens with zero attached hydrogens (tertiary/aromatic N) is 1. The molecular formula is C24H33ClN2O2. The number of likely N-dealkylation sites (N-methyl/N-ethyl adjacent to an activating group) is 1. The van der Waals surface area contributed by atoms with Crippen LogP contribution in [-0.2, 0) is 13.2 Å². The van der Waals surface area contributed by atoms with Gasteiger partial charge in [0, 0.05) is 19.1 Å². The molecule has 158 valence electrons. The molecule has 0 aliphatic carbocycles. The number of ether oxygens (including phenoxy) is 2. The first kappa shape index (κ1) is 21.9. The van der Waals surface area contributed by atoms with Crippen molar-refractivity contribution in [2.75, 3.05) is 26.2 Å². The topological polar surface area (TPSA) is 33.7 Å². The Hall–Kier alpha value is -1.75. The molecule has 4 nitrogen and oxygen atoms in total. The van der Waals surface area contributed by atoms with Crippen LogP contribution >= 0.6 is 11.6 Å². The third kappa shape index (κ3) is 6.11. The van der Waals surface area contributed by atoms with Crippen LogP contribution in [0.4, 0.5) is 0 Å². The minimum Gasteiger partial charge on any atom is -0.490 e. The molecule has 1 saturated heterocycles. The van der Waals surface area contributed by atoms with Gasteiger partial charge in [0.15, 0.2) is 11.5 Å². The van der Waals surface area contributed by atoms with Gasteiger partial charge in [0.25, 0.3) is 0 Å². The Morgan fingerprint density at radius 2 is 2.00 bits per heavy atom. The number of halogens is 1. The minimum absolute atomic E-state index is 0.466. The molecule has 0 bridgehead atoms. The smallest absolute Gasteiger partial charge is 0.180 e. The predicted molar refractivity (Wildman–Crippen MR) is 120 cm³/mol. The van der Waals surface area contributed by atoms with E-state index in [9.17, 15) is 0 Å². The van der Waals surface area contributed by atoms with E-state index in [1.807, 2.05) is 25.1 Å². The molecule has 1 fully saturated rings. The number of likely N-dealkylation sites (tertiary alicyclic amines) is 1. The van der Waals surface area contributed by atoms with Crippen LogP contribution in [0.5, 0.6) is 11.5 Å². The van der Waals surface area contributed by atoms with E-state index in [0.717, 1.165) is 30.8 Å². The second-order valence-electron chi connectivity index (χ2n) is 7.67. The average Bonchev–Trinajstić information content (AvgIpc) is 3.15. The standard InChI is InChI=1S/C24H33ClN2O2/c1-4-27-11-7-10-21(27)16-26-15-20-13-22(25)24(23(14-20)28-5-2)29-17-19-9-6-8-18(3)12-19/h6,8-9,12-14,21,26H,4-5,7,10-11,15-17H2,1-3H3. The lowest BCUT2D eigenvalue weighted by molar-refractivity contribution is 0.259. The molecule has 2 aromatic carbocycles. The summed E-state index contributed by atoms with van der Waals surface area (Å²) in [6.45, 7) is 11.4. The quantitative estimate of drug-likeness (QED) is 0.577. The lowest BCUT2D eigenvalue weighted by Crippen LogP contribution is -2.37. The van der Waals surface area contributed by atoms with Gasteiger partial charge in [-0.05, 0) is 63.0 Å². The fourth-order valence-electron chi connectivity index (χ4n) is 4.01. The molecule has 0 radical (unpaired) electrons. The highest BCUT2D eigenvalue weighted by atomic mass is 35.5. The summed E-state index contributed by atoms with van der Waals surface area (Å²) in [6, 6.07) is 13.0. The molecule has 0 saturated carbocycles. The molecule has 5 heteroatoms. The molecular weight excluding hydrogens is 384 g/mol. The van der Waals surface area contributed by atoms with Gasteiger partial charge in [-0.2, -0.15) is 0 Å². The van der Waals surface area contributed by atoms with Crippen LogP contribution in [0, 0.1) is 6.92 Å². The van der Waals surface area contributed by atoms with Crippen molar-refractivity contribution < 1.29 is 9.47 Å². The van der Waals surface area contributed by atoms with Crippen molar-refractivity contribution in [2.24, 2.45) is 0 Å². The van der Waals surface area contributed by atoms with Crippen LogP contribution in [0.15, 0.2) is 36.4 Å². The fourth-order valence-corrected chi connectivity index (χ4v) is 4.30. The highest BCUT2D eigenvalue weighted by Gasteiger charge is 2.22. The normalized spacial score (nSPS) is 16.9. The lowest BCUT2D eigenvalue weighted by atomic mass is 10.1. The van der Waals surface area contributed by atoms with Crippen LogP contribution in [0.2, 0.25) is 5.02 Å². The maximum absolute atomic E-state index is 6.58. The van der Waals surface area contributed by atoms with E-state index in [0.29, 0.717) is 35.8 Å². The second kappa shape index (κ2) is 10.9. The van der Waals surface area contributed by atoms with E-state index in [-0.39, 0.29) is 0 Å². The van der Waals surface area contributed by atoms with Crippen LogP contribution in [0.3, 0.4) is 0 Å². The molecule has 1 heterocycles. The largest absolute Gasteiger partial charge is 0.490 e. The summed E-state index contributed by atoms with van der Waals surface area (Å²) >= 11 is 6.58. The molecule has 29 heavy (non-hydrogen) atoms. The van der Waals surface area contributed by atoms with Crippen molar-refractivity contribution in [2.45, 2.75) is 52.8 Å². The molecule has 0 aromatic heterocycles. The zero-order valence-corrected chi connectivity index (χ0v) is 18.6. The van der Waals surface area contributed by atoms with E-state index in [2.05, 4.69) is 42.3 Å². The van der Waals surface area contributed by atoms with Gasteiger partial charge in [0.2, 0.25) is 0 Å². The molecule has 2 aromatic rings. The zero-order chi connectivity index (χ0) is 20.6. The van der Waals surface area contributed by atoms with Gasteiger partial charge in [-0.3, -0.25) is 4.90 Å². The third-order valence-corrected chi connectivity index (χ3v) is 5.73. The number of benzene rings is 2. The van der Waals surface area contributed by atoms with Crippen molar-refractivity contribution in [3.8, 4) is 11.5 Å². The molecule has 0 amide bonds. The number of nitrogens with one attached hydrogen (secondary N) is 1. The predicted octanol–water partition coefficient (Wildman–Crippen LogP) is 5.20. The molecule has 1 aliphatic rings. The van der Waals surface area contributed by atoms with Crippen LogP contribution < -0.4 is 14.8 Å². The van der Waals surface area contributed by atoms with Crippen LogP contribution in [0.25, 0.3) is 0 Å². The van der Waals surface area contributed by atoms with E-state index in [4.69, 9.17) is 21.1 Å². The number of hydrogen-bond donors (Lipinski definition) is 1. The summed E-state index contributed by atoms with van der Waals surface area (Å²) in [7, 11) is 0. The minimum atomic E-state index is 0.466. The molecule has 1 atom stereocenters. The van der Waals surface area contributed by atoms with Crippen molar-refractivity contribution >= 4 is 11.6 Å². The Kier molecular flexibility index (Phi) is 8.22. The Balaban J connectivity index is 1.64. The number of aryl methyl sites for hydroxylation is 1. The monoisotopic (exact) mass is 416 g/mol. The maximum Gasteiger partial charge on any atom is 0.180 e. The maximum atomic E-state index is 6.58. The SMILES string of the molecule is CCOc1cc(CNCC2CCCN2CC)cc(Cl)c1OCc1cccc(C)c1. The molecule has 1 unspecified atom stereocenters. The number of hydrogen-bond acceptors (Lipinski definition) is 4. The number of rotatable bonds is 10. The first-order valence-corrected chi connectivity index (χ1v) is 11.1. The third-order valence-electron chi connectivity index (χ3n) is 5.45. The first-order chi connectivity index (χ1) is 14.1. The van der Waals surface area contributed by atoms with E-state index in [1.54, 1.807) is 0 Å². The summed E-state index contributed by atoms with van der Waals surface area (Å²) in [6.07, 6.45) is 2.57. The average molecular weight is 417 g/mol. The van der Waals surface area contributed by atoms with E-state index in [1.165, 1.54) is 24.9 Å². The van der Waals surface area contributed by atoms with Gasteiger partial charge < -0.3 is 14.8 Å². The van der Waals surface area contributed by atoms with Gasteiger partial charge >= 0.3 is 0 Å². The van der Waals surface area contributed by atoms with E-state index < -0.39 is 0 Å². The zero-order valence-electron chi connectivity index (χ0n) is 17.8. The Labute approximate surface area is 180 Å². The van der Waals surface area contributed by atoms with Crippen LogP contribution in [-0.4, -0.2) is 37.2 Å². The summed E-state index contributed by atoms with van der Waals surface area (Å²) in [4.78, 5) is 2.55. The first-order valence-electron chi connectivity index (χ1n) is 10.7. The van der Waals surface area contributed by atoms with Gasteiger partial charge in [0.05, 0.1) is 11.6 Å². The Bertz CT molecular complexity index is 796.